The maximum absolute atomic E-state index is 3.71. The summed E-state index contributed by atoms with van der Waals surface area (Å²) >= 11 is 1.95. The molecule has 0 aliphatic heterocycles. The second kappa shape index (κ2) is 7.96. The summed E-state index contributed by atoms with van der Waals surface area (Å²) in [6.45, 7) is 3.39. The van der Waals surface area contributed by atoms with Crippen LogP contribution in [0.2, 0.25) is 0 Å². The summed E-state index contributed by atoms with van der Waals surface area (Å²) < 4.78 is 0. The van der Waals surface area contributed by atoms with E-state index in [0.717, 1.165) is 6.54 Å². The minimum atomic E-state index is 0.645. The van der Waals surface area contributed by atoms with Gasteiger partial charge in [-0.2, -0.15) is 11.8 Å². The fraction of sp³-hybridized carbons (Fsp3) is 0.647. The molecule has 106 valence electrons. The molecule has 2 rings (SSSR count). The third-order valence-electron chi connectivity index (χ3n) is 4.00. The van der Waals surface area contributed by atoms with Crippen LogP contribution in [0.3, 0.4) is 0 Å². The normalized spacial score (nSPS) is 15.5. The Bertz CT molecular complexity index is 381. The van der Waals surface area contributed by atoms with E-state index in [9.17, 15) is 0 Å². The average Bonchev–Trinajstić information content (AvgIpc) is 2.89. The molecule has 2 heteroatoms. The Labute approximate surface area is 122 Å². The molecule has 19 heavy (non-hydrogen) atoms. The van der Waals surface area contributed by atoms with Gasteiger partial charge in [0.1, 0.15) is 0 Å². The summed E-state index contributed by atoms with van der Waals surface area (Å²) in [4.78, 5) is 0. The molecule has 1 atom stereocenters. The van der Waals surface area contributed by atoms with E-state index in [-0.39, 0.29) is 0 Å². The van der Waals surface area contributed by atoms with Crippen LogP contribution >= 0.6 is 11.8 Å². The van der Waals surface area contributed by atoms with Crippen LogP contribution < -0.4 is 5.32 Å². The van der Waals surface area contributed by atoms with Crippen LogP contribution in [-0.2, 0) is 19.3 Å². The van der Waals surface area contributed by atoms with Crippen molar-refractivity contribution in [3.8, 4) is 0 Å². The van der Waals surface area contributed by atoms with E-state index in [1.807, 2.05) is 11.8 Å². The van der Waals surface area contributed by atoms with Gasteiger partial charge in [0.15, 0.2) is 0 Å². The van der Waals surface area contributed by atoms with Crippen molar-refractivity contribution in [3.63, 3.8) is 0 Å². The zero-order valence-corrected chi connectivity index (χ0v) is 13.2. The Morgan fingerprint density at radius 1 is 1.26 bits per heavy atom. The summed E-state index contributed by atoms with van der Waals surface area (Å²) in [6.07, 6.45) is 9.82. The van der Waals surface area contributed by atoms with Gasteiger partial charge in [-0.3, -0.25) is 0 Å². The first-order valence-electron chi connectivity index (χ1n) is 7.66. The van der Waals surface area contributed by atoms with Crippen molar-refractivity contribution in [1.29, 1.82) is 0 Å². The van der Waals surface area contributed by atoms with Crippen molar-refractivity contribution in [2.75, 3.05) is 18.6 Å². The van der Waals surface area contributed by atoms with Gasteiger partial charge in [0, 0.05) is 6.04 Å². The molecule has 1 aromatic carbocycles. The highest BCUT2D eigenvalue weighted by molar-refractivity contribution is 7.98. The Morgan fingerprint density at radius 2 is 2.11 bits per heavy atom. The van der Waals surface area contributed by atoms with Crippen LogP contribution in [-0.4, -0.2) is 24.6 Å². The first-order valence-corrected chi connectivity index (χ1v) is 9.06. The van der Waals surface area contributed by atoms with Crippen molar-refractivity contribution in [1.82, 2.24) is 5.32 Å². The van der Waals surface area contributed by atoms with Gasteiger partial charge in [0.05, 0.1) is 0 Å². The summed E-state index contributed by atoms with van der Waals surface area (Å²) in [6, 6.07) is 7.82. The average molecular weight is 277 g/mol. The summed E-state index contributed by atoms with van der Waals surface area (Å²) in [5.74, 6) is 1.26. The highest BCUT2D eigenvalue weighted by Gasteiger charge is 2.13. The summed E-state index contributed by atoms with van der Waals surface area (Å²) in [7, 11) is 0. The largest absolute Gasteiger partial charge is 0.314 e. The van der Waals surface area contributed by atoms with E-state index in [1.54, 1.807) is 11.1 Å². The fourth-order valence-corrected chi connectivity index (χ4v) is 3.44. The maximum Gasteiger partial charge on any atom is 0.0115 e. The lowest BCUT2D eigenvalue weighted by molar-refractivity contribution is 0.497. The Balaban J connectivity index is 1.95. The molecule has 1 unspecified atom stereocenters. The third-order valence-corrected chi connectivity index (χ3v) is 4.64. The summed E-state index contributed by atoms with van der Waals surface area (Å²) in [5.41, 5.74) is 4.72. The van der Waals surface area contributed by atoms with E-state index >= 15 is 0 Å². The molecule has 0 radical (unpaired) electrons. The van der Waals surface area contributed by atoms with Crippen molar-refractivity contribution in [3.05, 3.63) is 34.9 Å². The Hall–Kier alpha value is -0.470. The molecule has 1 N–H and O–H groups in total. The highest BCUT2D eigenvalue weighted by Crippen LogP contribution is 2.23. The number of aryl methyl sites for hydroxylation is 2. The topological polar surface area (TPSA) is 12.0 Å². The Kier molecular flexibility index (Phi) is 6.25. The van der Waals surface area contributed by atoms with Crippen LogP contribution in [0.1, 0.15) is 42.9 Å². The van der Waals surface area contributed by atoms with Gasteiger partial charge in [-0.15, -0.1) is 0 Å². The predicted molar refractivity (Wildman–Crippen MR) is 87.3 cm³/mol. The second-order valence-electron chi connectivity index (χ2n) is 5.59. The number of hydrogen-bond acceptors (Lipinski definition) is 2. The van der Waals surface area contributed by atoms with Gasteiger partial charge in [-0.25, -0.2) is 0 Å². The lowest BCUT2D eigenvalue weighted by Gasteiger charge is -2.18. The molecular weight excluding hydrogens is 250 g/mol. The van der Waals surface area contributed by atoms with Crippen LogP contribution in [0.5, 0.6) is 0 Å². The molecule has 1 aliphatic carbocycles. The van der Waals surface area contributed by atoms with Gasteiger partial charge in [0.2, 0.25) is 0 Å². The predicted octanol–water partition coefficient (Wildman–Crippen LogP) is 3.84. The molecule has 0 spiro atoms. The molecule has 0 amide bonds. The van der Waals surface area contributed by atoms with Crippen LogP contribution in [0.15, 0.2) is 18.2 Å². The standard InChI is InChI=1S/C17H27NS/c1-3-10-18-17(9-11-19-2)13-14-7-8-15-5-4-6-16(15)12-14/h7-8,12,17-18H,3-6,9-11,13H2,1-2H3. The Morgan fingerprint density at radius 3 is 2.89 bits per heavy atom. The smallest absolute Gasteiger partial charge is 0.0115 e. The van der Waals surface area contributed by atoms with E-state index in [1.165, 1.54) is 49.8 Å². The first-order chi connectivity index (χ1) is 9.33. The van der Waals surface area contributed by atoms with Crippen LogP contribution in [0.25, 0.3) is 0 Å². The third kappa shape index (κ3) is 4.54. The molecule has 0 aromatic heterocycles. The number of rotatable bonds is 8. The number of hydrogen-bond donors (Lipinski definition) is 1. The minimum Gasteiger partial charge on any atom is -0.314 e. The van der Waals surface area contributed by atoms with Gasteiger partial charge < -0.3 is 5.32 Å². The molecule has 0 bridgehead atoms. The molecule has 1 aliphatic rings. The van der Waals surface area contributed by atoms with Gasteiger partial charge in [-0.1, -0.05) is 25.1 Å². The van der Waals surface area contributed by atoms with E-state index in [0.29, 0.717) is 6.04 Å². The molecule has 1 aromatic rings. The van der Waals surface area contributed by atoms with E-state index in [4.69, 9.17) is 0 Å². The lowest BCUT2D eigenvalue weighted by Crippen LogP contribution is -2.32. The molecular formula is C17H27NS. The van der Waals surface area contributed by atoms with Gasteiger partial charge in [0.25, 0.3) is 0 Å². The molecule has 0 heterocycles. The minimum absolute atomic E-state index is 0.645. The molecule has 0 saturated heterocycles. The number of thioether (sulfide) groups is 1. The van der Waals surface area contributed by atoms with Gasteiger partial charge >= 0.3 is 0 Å². The van der Waals surface area contributed by atoms with Gasteiger partial charge in [-0.05, 0) is 73.8 Å². The number of fused-ring (bicyclic) bond motifs is 1. The second-order valence-corrected chi connectivity index (χ2v) is 6.58. The lowest BCUT2D eigenvalue weighted by atomic mass is 9.99. The van der Waals surface area contributed by atoms with Crippen LogP contribution in [0, 0.1) is 0 Å². The quantitative estimate of drug-likeness (QED) is 0.775. The SMILES string of the molecule is CCCNC(CCSC)Cc1ccc2c(c1)CCC2. The van der Waals surface area contributed by atoms with Crippen molar-refractivity contribution in [2.45, 2.75) is 51.5 Å². The fourth-order valence-electron chi connectivity index (χ4n) is 2.92. The zero-order chi connectivity index (χ0) is 13.5. The van der Waals surface area contributed by atoms with Crippen molar-refractivity contribution >= 4 is 11.8 Å². The number of benzene rings is 1. The van der Waals surface area contributed by atoms with Crippen molar-refractivity contribution < 1.29 is 0 Å². The summed E-state index contributed by atoms with van der Waals surface area (Å²) in [5, 5.41) is 3.71. The van der Waals surface area contributed by atoms with Crippen molar-refractivity contribution in [2.24, 2.45) is 0 Å². The molecule has 0 saturated carbocycles. The first kappa shape index (κ1) is 14.9. The zero-order valence-electron chi connectivity index (χ0n) is 12.4. The van der Waals surface area contributed by atoms with E-state index < -0.39 is 0 Å². The highest BCUT2D eigenvalue weighted by atomic mass is 32.2. The monoisotopic (exact) mass is 277 g/mol. The van der Waals surface area contributed by atoms with E-state index in [2.05, 4.69) is 36.7 Å². The molecule has 0 fully saturated rings. The number of nitrogens with one attached hydrogen (secondary N) is 1. The van der Waals surface area contributed by atoms with Crippen LogP contribution in [0.4, 0.5) is 0 Å². The molecule has 1 nitrogen and oxygen atoms in total. The maximum atomic E-state index is 3.71.